The van der Waals surface area contributed by atoms with E-state index in [4.69, 9.17) is 5.11 Å². The van der Waals surface area contributed by atoms with E-state index in [1.54, 1.807) is 6.26 Å². The molecule has 0 radical (unpaired) electrons. The van der Waals surface area contributed by atoms with Crippen molar-refractivity contribution in [3.05, 3.63) is 29.8 Å². The van der Waals surface area contributed by atoms with Crippen LogP contribution in [0.15, 0.2) is 29.2 Å². The fourth-order valence-corrected chi connectivity index (χ4v) is 1.81. The summed E-state index contributed by atoms with van der Waals surface area (Å²) >= 11 is 1.17. The van der Waals surface area contributed by atoms with Gasteiger partial charge in [0.1, 0.15) is 0 Å². The Labute approximate surface area is 124 Å². The van der Waals surface area contributed by atoms with Crippen LogP contribution in [0, 0.1) is 0 Å². The summed E-state index contributed by atoms with van der Waals surface area (Å²) in [6, 6.07) is 3.83. The van der Waals surface area contributed by atoms with E-state index >= 15 is 0 Å². The average Bonchev–Trinajstić information content (AvgIpc) is 2.45. The van der Waals surface area contributed by atoms with Crippen LogP contribution in [0.5, 0.6) is 0 Å². The summed E-state index contributed by atoms with van der Waals surface area (Å²) in [4.78, 5) is 22.0. The quantitative estimate of drug-likeness (QED) is 0.486. The van der Waals surface area contributed by atoms with E-state index in [0.717, 1.165) is 24.3 Å². The lowest BCUT2D eigenvalue weighted by atomic mass is 9.96. The number of hydrogen-bond donors (Lipinski definition) is 1. The first kappa shape index (κ1) is 18.3. The van der Waals surface area contributed by atoms with Gasteiger partial charge in [-0.25, -0.2) is 4.79 Å². The maximum Gasteiger partial charge on any atom is 0.411 e. The molecule has 3 nitrogen and oxygen atoms in total. The molecule has 0 unspecified atom stereocenters. The molecule has 0 aliphatic heterocycles. The van der Waals surface area contributed by atoms with Crippen molar-refractivity contribution >= 4 is 23.5 Å². The highest BCUT2D eigenvalue weighted by atomic mass is 32.2. The molecule has 0 heterocycles. The Morgan fingerprint density at radius 2 is 1.41 bits per heavy atom. The third kappa shape index (κ3) is 2.79. The number of hydrogen-bond acceptors (Lipinski definition) is 3. The number of carbonyl (C=O) groups is 2. The summed E-state index contributed by atoms with van der Waals surface area (Å²) < 4.78 is 79.0. The molecule has 0 aliphatic rings. The Hall–Kier alpha value is -1.71. The molecule has 0 saturated heterocycles. The molecule has 0 aliphatic carbocycles. The topological polar surface area (TPSA) is 54.4 Å². The van der Waals surface area contributed by atoms with Gasteiger partial charge in [0.25, 0.3) is 0 Å². The molecule has 0 bridgehead atoms. The molecular weight excluding hydrogens is 338 g/mol. The van der Waals surface area contributed by atoms with Gasteiger partial charge < -0.3 is 5.11 Å². The summed E-state index contributed by atoms with van der Waals surface area (Å²) in [5.74, 6) is -24.4. The summed E-state index contributed by atoms with van der Waals surface area (Å²) in [6.45, 7) is 0. The number of ketones is 1. The van der Waals surface area contributed by atoms with Crippen molar-refractivity contribution in [2.75, 3.05) is 6.26 Å². The Morgan fingerprint density at radius 1 is 0.955 bits per heavy atom. The van der Waals surface area contributed by atoms with Gasteiger partial charge in [-0.3, -0.25) is 4.79 Å². The van der Waals surface area contributed by atoms with Gasteiger partial charge in [-0.05, 0) is 18.4 Å². The maximum absolute atomic E-state index is 13.5. The van der Waals surface area contributed by atoms with Crippen molar-refractivity contribution in [2.24, 2.45) is 0 Å². The van der Waals surface area contributed by atoms with Crippen molar-refractivity contribution in [3.8, 4) is 0 Å². The van der Waals surface area contributed by atoms with Crippen molar-refractivity contribution in [1.82, 2.24) is 0 Å². The molecule has 22 heavy (non-hydrogen) atoms. The van der Waals surface area contributed by atoms with Crippen LogP contribution >= 0.6 is 11.8 Å². The second kappa shape index (κ2) is 5.82. The fourth-order valence-electron chi connectivity index (χ4n) is 1.40. The third-order valence-electron chi connectivity index (χ3n) is 2.69. The Bertz CT molecular complexity index is 585. The standard InChI is InChI=1S/C12H8F6O3S/c1-22-7-4-2-6(3-5-7)8(19)10(13,14)12(17,18)11(15,16)9(20)21/h2-5H,1H3,(H,20,21). The summed E-state index contributed by atoms with van der Waals surface area (Å²) in [7, 11) is 0. The van der Waals surface area contributed by atoms with E-state index in [0.29, 0.717) is 4.90 Å². The Kier molecular flexibility index (Phi) is 4.85. The highest BCUT2D eigenvalue weighted by molar-refractivity contribution is 7.98. The molecule has 1 aromatic carbocycles. The molecule has 1 N–H and O–H groups in total. The summed E-state index contributed by atoms with van der Waals surface area (Å²) in [5, 5.41) is 7.98. The Morgan fingerprint density at radius 3 is 1.77 bits per heavy atom. The molecule has 0 saturated carbocycles. The van der Waals surface area contributed by atoms with Crippen molar-refractivity contribution in [1.29, 1.82) is 0 Å². The number of halogens is 6. The van der Waals surface area contributed by atoms with E-state index in [-0.39, 0.29) is 0 Å². The molecule has 10 heteroatoms. The molecule has 122 valence electrons. The number of carboxylic acid groups (broad SMARTS) is 1. The summed E-state index contributed by atoms with van der Waals surface area (Å²) in [6.07, 6.45) is 1.62. The number of alkyl halides is 6. The Balaban J connectivity index is 3.26. The summed E-state index contributed by atoms with van der Waals surface area (Å²) in [5.41, 5.74) is -0.941. The van der Waals surface area contributed by atoms with Crippen LogP contribution in [-0.2, 0) is 4.79 Å². The van der Waals surface area contributed by atoms with Gasteiger partial charge in [-0.1, -0.05) is 12.1 Å². The number of carboxylic acids is 1. The first-order valence-electron chi connectivity index (χ1n) is 5.45. The predicted molar refractivity (Wildman–Crippen MR) is 65.0 cm³/mol. The van der Waals surface area contributed by atoms with Crippen LogP contribution in [0.4, 0.5) is 26.3 Å². The monoisotopic (exact) mass is 346 g/mol. The van der Waals surface area contributed by atoms with E-state index in [1.807, 2.05) is 0 Å². The van der Waals surface area contributed by atoms with Gasteiger partial charge in [0.15, 0.2) is 0 Å². The van der Waals surface area contributed by atoms with Gasteiger partial charge in [-0.2, -0.15) is 26.3 Å². The van der Waals surface area contributed by atoms with Crippen molar-refractivity contribution < 1.29 is 41.0 Å². The van der Waals surface area contributed by atoms with E-state index in [1.165, 1.54) is 11.8 Å². The zero-order chi connectivity index (χ0) is 17.3. The average molecular weight is 346 g/mol. The zero-order valence-electron chi connectivity index (χ0n) is 10.7. The number of benzene rings is 1. The molecule has 1 aromatic rings. The smallest absolute Gasteiger partial charge is 0.411 e. The molecule has 0 amide bonds. The minimum Gasteiger partial charge on any atom is -0.477 e. The fraction of sp³-hybridized carbons (Fsp3) is 0.333. The normalized spacial score (nSPS) is 13.0. The van der Waals surface area contributed by atoms with Crippen molar-refractivity contribution in [3.63, 3.8) is 0 Å². The van der Waals surface area contributed by atoms with E-state index in [2.05, 4.69) is 0 Å². The predicted octanol–water partition coefficient (Wildman–Crippen LogP) is 3.58. The molecule has 0 aromatic heterocycles. The van der Waals surface area contributed by atoms with E-state index < -0.39 is 35.1 Å². The first-order chi connectivity index (χ1) is 9.89. The molecule has 0 fully saturated rings. The first-order valence-corrected chi connectivity index (χ1v) is 6.67. The molecule has 0 spiro atoms. The lowest BCUT2D eigenvalue weighted by Crippen LogP contribution is -2.60. The number of aliphatic carboxylic acids is 1. The third-order valence-corrected chi connectivity index (χ3v) is 3.44. The number of rotatable bonds is 6. The zero-order valence-corrected chi connectivity index (χ0v) is 11.6. The number of thioether (sulfide) groups is 1. The minimum atomic E-state index is -6.39. The largest absolute Gasteiger partial charge is 0.477 e. The van der Waals surface area contributed by atoms with Crippen LogP contribution in [0.3, 0.4) is 0 Å². The van der Waals surface area contributed by atoms with Gasteiger partial charge in [0, 0.05) is 10.5 Å². The molecule has 1 rings (SSSR count). The van der Waals surface area contributed by atoms with Crippen LogP contribution < -0.4 is 0 Å². The number of Topliss-reactive ketones (excluding diaryl/α,β-unsaturated/α-hetero) is 1. The second-order valence-corrected chi connectivity index (χ2v) is 4.97. The van der Waals surface area contributed by atoms with E-state index in [9.17, 15) is 35.9 Å². The SMILES string of the molecule is CSc1ccc(C(=O)C(F)(F)C(F)(F)C(F)(F)C(=O)O)cc1. The van der Waals surface area contributed by atoms with Crippen LogP contribution in [-0.4, -0.2) is 40.9 Å². The molecular formula is C12H8F6O3S. The second-order valence-electron chi connectivity index (χ2n) is 4.09. The maximum atomic E-state index is 13.5. The lowest BCUT2D eigenvalue weighted by molar-refractivity contribution is -0.285. The molecule has 0 atom stereocenters. The number of carbonyl (C=O) groups excluding carboxylic acids is 1. The highest BCUT2D eigenvalue weighted by Crippen LogP contribution is 2.47. The van der Waals surface area contributed by atoms with Gasteiger partial charge in [-0.15, -0.1) is 11.8 Å². The van der Waals surface area contributed by atoms with Gasteiger partial charge in [0.05, 0.1) is 0 Å². The van der Waals surface area contributed by atoms with Crippen LogP contribution in [0.1, 0.15) is 10.4 Å². The van der Waals surface area contributed by atoms with Crippen LogP contribution in [0.2, 0.25) is 0 Å². The van der Waals surface area contributed by atoms with Gasteiger partial charge >= 0.3 is 23.7 Å². The van der Waals surface area contributed by atoms with Crippen LogP contribution in [0.25, 0.3) is 0 Å². The van der Waals surface area contributed by atoms with Crippen molar-refractivity contribution in [2.45, 2.75) is 22.7 Å². The lowest BCUT2D eigenvalue weighted by Gasteiger charge is -2.29. The highest BCUT2D eigenvalue weighted by Gasteiger charge is 2.78. The van der Waals surface area contributed by atoms with Gasteiger partial charge in [0.2, 0.25) is 5.78 Å². The minimum absolute atomic E-state index is 0.516.